The van der Waals surface area contributed by atoms with E-state index in [4.69, 9.17) is 9.47 Å². The summed E-state index contributed by atoms with van der Waals surface area (Å²) in [6.45, 7) is 0.225. The van der Waals surface area contributed by atoms with E-state index in [1.165, 1.54) is 0 Å². The maximum absolute atomic E-state index is 12.4. The van der Waals surface area contributed by atoms with Crippen molar-refractivity contribution in [2.75, 3.05) is 12.1 Å². The van der Waals surface area contributed by atoms with Gasteiger partial charge in [-0.25, -0.2) is 4.98 Å². The zero-order chi connectivity index (χ0) is 18.9. The number of carbonyl (C=O) groups excluding carboxylic acids is 1. The molecule has 28 heavy (non-hydrogen) atoms. The minimum atomic E-state index is -0.0876. The maximum atomic E-state index is 12.4. The second-order valence-corrected chi connectivity index (χ2v) is 6.59. The normalized spacial score (nSPS) is 12.3. The lowest BCUT2D eigenvalue weighted by Crippen LogP contribution is -2.14. The monoisotopic (exact) mass is 371 g/mol. The molecule has 0 radical (unpaired) electrons. The summed E-state index contributed by atoms with van der Waals surface area (Å²) in [5, 5.41) is 2.92. The molecule has 0 unspecified atom stereocenters. The molecule has 1 aliphatic rings. The molecule has 0 spiro atoms. The minimum Gasteiger partial charge on any atom is -0.454 e. The first-order chi connectivity index (χ1) is 13.7. The van der Waals surface area contributed by atoms with Crippen molar-refractivity contribution in [3.05, 3.63) is 72.3 Å². The van der Waals surface area contributed by atoms with Crippen molar-refractivity contribution in [2.45, 2.75) is 6.42 Å². The summed E-state index contributed by atoms with van der Waals surface area (Å²) in [5.74, 6) is 2.11. The molecule has 0 saturated carbocycles. The van der Waals surface area contributed by atoms with Crippen molar-refractivity contribution in [1.82, 2.24) is 9.97 Å². The van der Waals surface area contributed by atoms with Crippen molar-refractivity contribution >= 4 is 22.6 Å². The third-order valence-corrected chi connectivity index (χ3v) is 4.63. The van der Waals surface area contributed by atoms with Crippen molar-refractivity contribution in [2.24, 2.45) is 0 Å². The van der Waals surface area contributed by atoms with Crippen molar-refractivity contribution in [3.8, 4) is 22.9 Å². The molecule has 2 heterocycles. The van der Waals surface area contributed by atoms with Crippen LogP contribution in [0.3, 0.4) is 0 Å². The van der Waals surface area contributed by atoms with E-state index in [0.29, 0.717) is 11.5 Å². The van der Waals surface area contributed by atoms with Gasteiger partial charge >= 0.3 is 0 Å². The molecule has 0 fully saturated rings. The van der Waals surface area contributed by atoms with Gasteiger partial charge in [-0.15, -0.1) is 0 Å². The number of ether oxygens (including phenoxy) is 2. The quantitative estimate of drug-likeness (QED) is 0.565. The van der Waals surface area contributed by atoms with Crippen LogP contribution in [-0.2, 0) is 11.2 Å². The molecule has 0 bridgehead atoms. The van der Waals surface area contributed by atoms with E-state index in [9.17, 15) is 4.79 Å². The van der Waals surface area contributed by atoms with E-state index in [0.717, 1.165) is 33.7 Å². The van der Waals surface area contributed by atoms with E-state index in [-0.39, 0.29) is 19.1 Å². The van der Waals surface area contributed by atoms with Gasteiger partial charge in [0.05, 0.1) is 17.5 Å². The summed E-state index contributed by atoms with van der Waals surface area (Å²) in [6.07, 6.45) is 0.266. The number of nitrogens with one attached hydrogen (secondary N) is 2. The van der Waals surface area contributed by atoms with Gasteiger partial charge in [-0.05, 0) is 54.1 Å². The predicted octanol–water partition coefficient (Wildman–Crippen LogP) is 4.14. The predicted molar refractivity (Wildman–Crippen MR) is 106 cm³/mol. The topological polar surface area (TPSA) is 76.2 Å². The van der Waals surface area contributed by atoms with E-state index in [1.807, 2.05) is 66.7 Å². The molecule has 4 aromatic rings. The standard InChI is InChI=1S/C22H17N3O3/c26-21(12-14-5-10-19-20(11-14)28-13-27-19)23-16-8-6-15(7-9-16)22-24-17-3-1-2-4-18(17)25-22/h1-11H,12-13H2,(H,23,26)(H,24,25). The highest BCUT2D eigenvalue weighted by Crippen LogP contribution is 2.32. The van der Waals surface area contributed by atoms with E-state index < -0.39 is 0 Å². The van der Waals surface area contributed by atoms with Gasteiger partial charge in [-0.3, -0.25) is 4.79 Å². The van der Waals surface area contributed by atoms with Crippen LogP contribution in [0.1, 0.15) is 5.56 Å². The first-order valence-electron chi connectivity index (χ1n) is 8.98. The molecule has 138 valence electrons. The molecule has 0 atom stereocenters. The van der Waals surface area contributed by atoms with Gasteiger partial charge in [0.2, 0.25) is 12.7 Å². The van der Waals surface area contributed by atoms with Crippen LogP contribution >= 0.6 is 0 Å². The van der Waals surface area contributed by atoms with Crippen LogP contribution < -0.4 is 14.8 Å². The number of amides is 1. The lowest BCUT2D eigenvalue weighted by molar-refractivity contribution is -0.115. The SMILES string of the molecule is O=C(Cc1ccc2c(c1)OCO2)Nc1ccc(-c2nc3ccccc3[nH]2)cc1. The van der Waals surface area contributed by atoms with Gasteiger partial charge in [-0.2, -0.15) is 0 Å². The van der Waals surface area contributed by atoms with Crippen molar-refractivity contribution in [3.63, 3.8) is 0 Å². The molecule has 0 saturated heterocycles. The summed E-state index contributed by atoms with van der Waals surface area (Å²) in [6, 6.07) is 21.1. The number of benzene rings is 3. The minimum absolute atomic E-state index is 0.0876. The molecule has 6 nitrogen and oxygen atoms in total. The average molecular weight is 371 g/mol. The van der Waals surface area contributed by atoms with Crippen LogP contribution in [0.5, 0.6) is 11.5 Å². The highest BCUT2D eigenvalue weighted by molar-refractivity contribution is 5.92. The van der Waals surface area contributed by atoms with E-state index in [1.54, 1.807) is 0 Å². The second-order valence-electron chi connectivity index (χ2n) is 6.59. The average Bonchev–Trinajstić information content (AvgIpc) is 3.34. The number of fused-ring (bicyclic) bond motifs is 2. The molecule has 3 aromatic carbocycles. The fourth-order valence-electron chi connectivity index (χ4n) is 3.24. The number of rotatable bonds is 4. The summed E-state index contributed by atoms with van der Waals surface area (Å²) in [7, 11) is 0. The molecule has 1 aliphatic heterocycles. The molecular weight excluding hydrogens is 354 g/mol. The van der Waals surface area contributed by atoms with Gasteiger partial charge in [0, 0.05) is 11.3 Å². The number of para-hydroxylation sites is 2. The molecule has 5 rings (SSSR count). The van der Waals surface area contributed by atoms with Crippen molar-refractivity contribution in [1.29, 1.82) is 0 Å². The number of hydrogen-bond acceptors (Lipinski definition) is 4. The van der Waals surface area contributed by atoms with Crippen molar-refractivity contribution < 1.29 is 14.3 Å². The molecular formula is C22H17N3O3. The fourth-order valence-corrected chi connectivity index (χ4v) is 3.24. The zero-order valence-electron chi connectivity index (χ0n) is 14.9. The summed E-state index contributed by atoms with van der Waals surface area (Å²) >= 11 is 0. The Balaban J connectivity index is 1.27. The fraction of sp³-hybridized carbons (Fsp3) is 0.0909. The Morgan fingerprint density at radius 2 is 1.82 bits per heavy atom. The summed E-state index contributed by atoms with van der Waals surface area (Å²) in [5.41, 5.74) is 4.51. The van der Waals surface area contributed by atoms with E-state index >= 15 is 0 Å². The first kappa shape index (κ1) is 16.4. The lowest BCUT2D eigenvalue weighted by Gasteiger charge is -2.07. The van der Waals surface area contributed by atoms with Crippen LogP contribution in [0, 0.1) is 0 Å². The summed E-state index contributed by atoms with van der Waals surface area (Å²) < 4.78 is 10.6. The van der Waals surface area contributed by atoms with E-state index in [2.05, 4.69) is 15.3 Å². The number of aromatic amines is 1. The molecule has 1 aromatic heterocycles. The number of anilines is 1. The third-order valence-electron chi connectivity index (χ3n) is 4.63. The summed E-state index contributed by atoms with van der Waals surface area (Å²) in [4.78, 5) is 20.3. The Kier molecular flexibility index (Phi) is 3.94. The van der Waals surface area contributed by atoms with Crippen LogP contribution in [0.4, 0.5) is 5.69 Å². The number of H-pyrrole nitrogens is 1. The third kappa shape index (κ3) is 3.16. The highest BCUT2D eigenvalue weighted by Gasteiger charge is 2.14. The van der Waals surface area contributed by atoms with Crippen LogP contribution in [0.2, 0.25) is 0 Å². The van der Waals surface area contributed by atoms with Crippen LogP contribution in [0.15, 0.2) is 66.7 Å². The Bertz CT molecular complexity index is 1130. The Hall–Kier alpha value is -3.80. The Morgan fingerprint density at radius 1 is 1.00 bits per heavy atom. The second kappa shape index (κ2) is 6.74. The van der Waals surface area contributed by atoms with Gasteiger partial charge < -0.3 is 19.8 Å². The van der Waals surface area contributed by atoms with Gasteiger partial charge in [0.15, 0.2) is 11.5 Å². The van der Waals surface area contributed by atoms with Crippen LogP contribution in [0.25, 0.3) is 22.4 Å². The Morgan fingerprint density at radius 3 is 2.68 bits per heavy atom. The molecule has 2 N–H and O–H groups in total. The van der Waals surface area contributed by atoms with Crippen LogP contribution in [-0.4, -0.2) is 22.7 Å². The highest BCUT2D eigenvalue weighted by atomic mass is 16.7. The molecule has 0 aliphatic carbocycles. The Labute approximate surface area is 161 Å². The maximum Gasteiger partial charge on any atom is 0.231 e. The molecule has 1 amide bonds. The van der Waals surface area contributed by atoms with Gasteiger partial charge in [0.1, 0.15) is 5.82 Å². The zero-order valence-corrected chi connectivity index (χ0v) is 14.9. The number of carbonyl (C=O) groups is 1. The first-order valence-corrected chi connectivity index (χ1v) is 8.98. The lowest BCUT2D eigenvalue weighted by atomic mass is 10.1. The van der Waals surface area contributed by atoms with Gasteiger partial charge in [-0.1, -0.05) is 18.2 Å². The number of imidazole rings is 1. The number of aromatic nitrogens is 2. The number of nitrogens with zero attached hydrogens (tertiary/aromatic N) is 1. The number of hydrogen-bond donors (Lipinski definition) is 2. The molecule has 6 heteroatoms. The van der Waals surface area contributed by atoms with Gasteiger partial charge in [0.25, 0.3) is 0 Å². The largest absolute Gasteiger partial charge is 0.454 e. The smallest absolute Gasteiger partial charge is 0.231 e.